The van der Waals surface area contributed by atoms with Gasteiger partial charge in [-0.2, -0.15) is 0 Å². The number of nitrogens with one attached hydrogen (secondary N) is 1. The standard InChI is InChI=1S/C13H10N2O5/c16-11-5-8(12-9(14-11)6-20-13(12)17)7-3-1-2-4-10(7)15(18)19/h1-4,8H,5-6H2,(H,14,16). The van der Waals surface area contributed by atoms with Crippen molar-refractivity contribution >= 4 is 17.6 Å². The molecule has 7 nitrogen and oxygen atoms in total. The van der Waals surface area contributed by atoms with Crippen LogP contribution in [0.4, 0.5) is 5.69 Å². The van der Waals surface area contributed by atoms with Gasteiger partial charge in [0.2, 0.25) is 5.91 Å². The van der Waals surface area contributed by atoms with E-state index in [9.17, 15) is 19.7 Å². The lowest BCUT2D eigenvalue weighted by atomic mass is 9.84. The van der Waals surface area contributed by atoms with Crippen LogP contribution in [0.3, 0.4) is 0 Å². The lowest BCUT2D eigenvalue weighted by molar-refractivity contribution is -0.385. The molecule has 0 radical (unpaired) electrons. The van der Waals surface area contributed by atoms with Crippen LogP contribution in [0.2, 0.25) is 0 Å². The van der Waals surface area contributed by atoms with Gasteiger partial charge in [0.15, 0.2) is 0 Å². The van der Waals surface area contributed by atoms with E-state index in [0.29, 0.717) is 16.8 Å². The number of hydrogen-bond acceptors (Lipinski definition) is 5. The van der Waals surface area contributed by atoms with Crippen molar-refractivity contribution in [2.75, 3.05) is 6.61 Å². The fourth-order valence-corrected chi connectivity index (χ4v) is 2.59. The van der Waals surface area contributed by atoms with Crippen LogP contribution in [0.15, 0.2) is 35.5 Å². The van der Waals surface area contributed by atoms with Crippen molar-refractivity contribution in [2.45, 2.75) is 12.3 Å². The van der Waals surface area contributed by atoms with Gasteiger partial charge in [0, 0.05) is 24.0 Å². The highest BCUT2D eigenvalue weighted by atomic mass is 16.6. The monoisotopic (exact) mass is 274 g/mol. The van der Waals surface area contributed by atoms with Crippen molar-refractivity contribution in [2.24, 2.45) is 0 Å². The molecule has 0 spiro atoms. The first kappa shape index (κ1) is 12.3. The largest absolute Gasteiger partial charge is 0.456 e. The summed E-state index contributed by atoms with van der Waals surface area (Å²) in [7, 11) is 0. The Morgan fingerprint density at radius 2 is 2.05 bits per heavy atom. The number of esters is 1. The van der Waals surface area contributed by atoms with Gasteiger partial charge in [-0.3, -0.25) is 14.9 Å². The predicted octanol–water partition coefficient (Wildman–Crippen LogP) is 1.01. The molecule has 2 heterocycles. The number of nitro groups is 1. The van der Waals surface area contributed by atoms with Crippen molar-refractivity contribution in [1.82, 2.24) is 5.32 Å². The molecule has 0 fully saturated rings. The number of ether oxygens (including phenoxy) is 1. The maximum absolute atomic E-state index is 11.8. The van der Waals surface area contributed by atoms with Gasteiger partial charge in [-0.05, 0) is 0 Å². The quantitative estimate of drug-likeness (QED) is 0.493. The number of benzene rings is 1. The molecule has 1 aromatic carbocycles. The average Bonchev–Trinajstić information content (AvgIpc) is 2.79. The summed E-state index contributed by atoms with van der Waals surface area (Å²) in [6.45, 7) is 0.0110. The Hall–Kier alpha value is -2.70. The van der Waals surface area contributed by atoms with Crippen molar-refractivity contribution in [3.63, 3.8) is 0 Å². The number of cyclic esters (lactones) is 1. The van der Waals surface area contributed by atoms with E-state index in [1.54, 1.807) is 18.2 Å². The van der Waals surface area contributed by atoms with Gasteiger partial charge in [0.1, 0.15) is 6.61 Å². The maximum Gasteiger partial charge on any atom is 0.336 e. The Bertz CT molecular complexity index is 664. The number of nitrogens with zero attached hydrogens (tertiary/aromatic N) is 1. The highest BCUT2D eigenvalue weighted by molar-refractivity contribution is 5.98. The minimum atomic E-state index is -0.629. The second-order valence-corrected chi connectivity index (χ2v) is 4.59. The van der Waals surface area contributed by atoms with Crippen LogP contribution < -0.4 is 5.32 Å². The molecule has 1 amide bonds. The van der Waals surface area contributed by atoms with E-state index in [0.717, 1.165) is 0 Å². The molecule has 2 aliphatic rings. The molecule has 0 aliphatic carbocycles. The van der Waals surface area contributed by atoms with E-state index in [2.05, 4.69) is 5.32 Å². The molecule has 0 aromatic heterocycles. The van der Waals surface area contributed by atoms with Crippen LogP contribution in [0.25, 0.3) is 0 Å². The molecule has 0 saturated carbocycles. The molecule has 1 aromatic rings. The van der Waals surface area contributed by atoms with E-state index < -0.39 is 16.8 Å². The van der Waals surface area contributed by atoms with Gasteiger partial charge in [-0.1, -0.05) is 18.2 Å². The maximum atomic E-state index is 11.8. The summed E-state index contributed by atoms with van der Waals surface area (Å²) in [6.07, 6.45) is -0.00120. The minimum absolute atomic E-state index is 0.00120. The molecule has 102 valence electrons. The molecule has 1 unspecified atom stereocenters. The van der Waals surface area contributed by atoms with Gasteiger partial charge < -0.3 is 10.1 Å². The van der Waals surface area contributed by atoms with Crippen molar-refractivity contribution in [3.05, 3.63) is 51.2 Å². The highest BCUT2D eigenvalue weighted by Gasteiger charge is 2.40. The topological polar surface area (TPSA) is 98.5 Å². The average molecular weight is 274 g/mol. The number of carbonyl (C=O) groups excluding carboxylic acids is 2. The van der Waals surface area contributed by atoms with Gasteiger partial charge in [-0.15, -0.1) is 0 Å². The fraction of sp³-hybridized carbons (Fsp3) is 0.231. The summed E-state index contributed by atoms with van der Waals surface area (Å²) in [6, 6.07) is 6.13. The third kappa shape index (κ3) is 1.83. The number of amides is 1. The zero-order valence-corrected chi connectivity index (χ0v) is 10.3. The smallest absolute Gasteiger partial charge is 0.336 e. The van der Waals surface area contributed by atoms with E-state index in [1.165, 1.54) is 6.07 Å². The number of carbonyl (C=O) groups is 2. The summed E-state index contributed by atoms with van der Waals surface area (Å²) in [4.78, 5) is 34.1. The molecule has 1 N–H and O–H groups in total. The zero-order chi connectivity index (χ0) is 14.3. The van der Waals surface area contributed by atoms with E-state index in [-0.39, 0.29) is 24.6 Å². The fourth-order valence-electron chi connectivity index (χ4n) is 2.59. The summed E-state index contributed by atoms with van der Waals surface area (Å²) in [5.41, 5.74) is 0.991. The second kappa shape index (κ2) is 4.44. The SMILES string of the molecule is O=C1CC(c2ccccc2[N+](=O)[O-])C2=C(COC2=O)N1. The Labute approximate surface area is 113 Å². The van der Waals surface area contributed by atoms with Gasteiger partial charge in [0.05, 0.1) is 16.2 Å². The normalized spacial score (nSPS) is 21.3. The number of para-hydroxylation sites is 1. The lowest BCUT2D eigenvalue weighted by Crippen LogP contribution is -2.32. The van der Waals surface area contributed by atoms with Crippen molar-refractivity contribution in [3.8, 4) is 0 Å². The Morgan fingerprint density at radius 3 is 2.80 bits per heavy atom. The molecule has 0 bridgehead atoms. The summed E-state index contributed by atoms with van der Waals surface area (Å²) < 4.78 is 4.90. The van der Waals surface area contributed by atoms with Gasteiger partial charge in [-0.25, -0.2) is 4.79 Å². The van der Waals surface area contributed by atoms with Crippen LogP contribution >= 0.6 is 0 Å². The molecule has 3 rings (SSSR count). The molecule has 20 heavy (non-hydrogen) atoms. The van der Waals surface area contributed by atoms with E-state index in [1.807, 2.05) is 0 Å². The Morgan fingerprint density at radius 1 is 1.30 bits per heavy atom. The van der Waals surface area contributed by atoms with E-state index >= 15 is 0 Å². The predicted molar refractivity (Wildman–Crippen MR) is 66.6 cm³/mol. The second-order valence-electron chi connectivity index (χ2n) is 4.59. The minimum Gasteiger partial charge on any atom is -0.456 e. The van der Waals surface area contributed by atoms with Gasteiger partial charge in [0.25, 0.3) is 5.69 Å². The number of hydrogen-bond donors (Lipinski definition) is 1. The van der Waals surface area contributed by atoms with Crippen LogP contribution in [0.1, 0.15) is 17.9 Å². The number of rotatable bonds is 2. The lowest BCUT2D eigenvalue weighted by Gasteiger charge is -2.22. The molecule has 1 atom stereocenters. The third-order valence-corrected chi connectivity index (χ3v) is 3.43. The molecular weight excluding hydrogens is 264 g/mol. The molecule has 7 heteroatoms. The van der Waals surface area contributed by atoms with Crippen molar-refractivity contribution < 1.29 is 19.2 Å². The van der Waals surface area contributed by atoms with Crippen LogP contribution in [0, 0.1) is 10.1 Å². The Kier molecular flexibility index (Phi) is 2.74. The molecule has 0 saturated heterocycles. The number of nitro benzene ring substituents is 1. The highest BCUT2D eigenvalue weighted by Crippen LogP contribution is 2.39. The molecular formula is C13H10N2O5. The molecule has 2 aliphatic heterocycles. The van der Waals surface area contributed by atoms with Crippen LogP contribution in [-0.2, 0) is 14.3 Å². The summed E-state index contributed by atoms with van der Waals surface area (Å²) >= 11 is 0. The zero-order valence-electron chi connectivity index (χ0n) is 10.3. The first-order chi connectivity index (χ1) is 9.58. The first-order valence-corrected chi connectivity index (χ1v) is 6.01. The first-order valence-electron chi connectivity index (χ1n) is 6.01. The summed E-state index contributed by atoms with van der Waals surface area (Å²) in [5, 5.41) is 13.7. The third-order valence-electron chi connectivity index (χ3n) is 3.43. The van der Waals surface area contributed by atoms with E-state index in [4.69, 9.17) is 4.74 Å². The summed E-state index contributed by atoms with van der Waals surface area (Å²) in [5.74, 6) is -1.43. The van der Waals surface area contributed by atoms with Crippen molar-refractivity contribution in [1.29, 1.82) is 0 Å². The Balaban J connectivity index is 2.14. The van der Waals surface area contributed by atoms with Crippen LogP contribution in [-0.4, -0.2) is 23.4 Å². The van der Waals surface area contributed by atoms with Crippen LogP contribution in [0.5, 0.6) is 0 Å². The van der Waals surface area contributed by atoms with Gasteiger partial charge >= 0.3 is 5.97 Å².